The molecule has 0 aliphatic carbocycles. The van der Waals surface area contributed by atoms with Crippen molar-refractivity contribution in [2.45, 2.75) is 12.3 Å². The van der Waals surface area contributed by atoms with Crippen LogP contribution in [0.4, 0.5) is 5.69 Å². The van der Waals surface area contributed by atoms with E-state index in [1.54, 1.807) is 12.1 Å². The zero-order valence-corrected chi connectivity index (χ0v) is 12.2. The first kappa shape index (κ1) is 13.1. The number of rotatable bonds is 2. The van der Waals surface area contributed by atoms with Crippen LogP contribution in [-0.4, -0.2) is 11.8 Å². The van der Waals surface area contributed by atoms with E-state index in [9.17, 15) is 9.59 Å². The largest absolute Gasteiger partial charge is 0.274 e. The second-order valence-corrected chi connectivity index (χ2v) is 5.63. The number of benzene rings is 2. The first-order chi connectivity index (χ1) is 9.66. The average molecular weight is 330 g/mol. The Morgan fingerprint density at radius 3 is 2.45 bits per heavy atom. The molecule has 3 rings (SSSR count). The minimum Gasteiger partial charge on any atom is -0.274 e. The zero-order chi connectivity index (χ0) is 14.1. The van der Waals surface area contributed by atoms with Gasteiger partial charge in [0.25, 0.3) is 0 Å². The summed E-state index contributed by atoms with van der Waals surface area (Å²) >= 11 is 3.36. The Bertz CT molecular complexity index is 669. The Morgan fingerprint density at radius 2 is 1.75 bits per heavy atom. The lowest BCUT2D eigenvalue weighted by Gasteiger charge is -2.15. The van der Waals surface area contributed by atoms with Gasteiger partial charge in [0.1, 0.15) is 0 Å². The Morgan fingerprint density at radius 1 is 1.00 bits per heavy atom. The Kier molecular flexibility index (Phi) is 3.40. The number of imide groups is 1. The molecule has 4 heteroatoms. The molecule has 0 N–H and O–H groups in total. The van der Waals surface area contributed by atoms with Crippen LogP contribution in [0.5, 0.6) is 0 Å². The summed E-state index contributed by atoms with van der Waals surface area (Å²) in [5.74, 6) is -0.677. The molecule has 1 aliphatic heterocycles. The van der Waals surface area contributed by atoms with Crippen LogP contribution in [-0.2, 0) is 9.59 Å². The fourth-order valence-corrected chi connectivity index (χ4v) is 2.85. The van der Waals surface area contributed by atoms with Gasteiger partial charge >= 0.3 is 0 Å². The molecule has 100 valence electrons. The third-order valence-corrected chi connectivity index (χ3v) is 3.91. The standard InChI is InChI=1S/C16H12BrNO2/c17-12-7-4-8-13(9-12)18-15(19)10-14(16(18)20)11-5-2-1-3-6-11/h1-9,14H,10H2/t14-/m0/s1. The van der Waals surface area contributed by atoms with Crippen molar-refractivity contribution in [1.82, 2.24) is 0 Å². The lowest BCUT2D eigenvalue weighted by molar-refractivity contribution is -0.121. The number of nitrogens with zero attached hydrogens (tertiary/aromatic N) is 1. The summed E-state index contributed by atoms with van der Waals surface area (Å²) in [5.41, 5.74) is 1.51. The van der Waals surface area contributed by atoms with Crippen molar-refractivity contribution in [2.24, 2.45) is 0 Å². The van der Waals surface area contributed by atoms with E-state index < -0.39 is 0 Å². The predicted octanol–water partition coefficient (Wildman–Crippen LogP) is 3.50. The van der Waals surface area contributed by atoms with Gasteiger partial charge in [-0.15, -0.1) is 0 Å². The summed E-state index contributed by atoms with van der Waals surface area (Å²) in [7, 11) is 0. The van der Waals surface area contributed by atoms with Crippen LogP contribution < -0.4 is 4.90 Å². The van der Waals surface area contributed by atoms with Crippen LogP contribution in [0.15, 0.2) is 59.1 Å². The lowest BCUT2D eigenvalue weighted by Crippen LogP contribution is -2.29. The van der Waals surface area contributed by atoms with E-state index in [1.807, 2.05) is 42.5 Å². The molecule has 3 nitrogen and oxygen atoms in total. The van der Waals surface area contributed by atoms with Crippen LogP contribution in [0.1, 0.15) is 17.9 Å². The minimum absolute atomic E-state index is 0.151. The van der Waals surface area contributed by atoms with Crippen LogP contribution in [0, 0.1) is 0 Å². The number of anilines is 1. The van der Waals surface area contributed by atoms with Gasteiger partial charge in [-0.25, -0.2) is 4.90 Å². The highest BCUT2D eigenvalue weighted by Crippen LogP contribution is 2.33. The summed E-state index contributed by atoms with van der Waals surface area (Å²) in [6.07, 6.45) is 0.232. The van der Waals surface area contributed by atoms with Gasteiger partial charge in [-0.2, -0.15) is 0 Å². The second-order valence-electron chi connectivity index (χ2n) is 4.71. The SMILES string of the molecule is O=C1C[C@@H](c2ccccc2)C(=O)N1c1cccc(Br)c1. The fraction of sp³-hybridized carbons (Fsp3) is 0.125. The number of hydrogen-bond acceptors (Lipinski definition) is 2. The molecule has 1 aliphatic rings. The van der Waals surface area contributed by atoms with Crippen molar-refractivity contribution >= 4 is 33.4 Å². The summed E-state index contributed by atoms with van der Waals surface area (Å²) in [5, 5.41) is 0. The Labute approximate surface area is 125 Å². The molecule has 0 saturated carbocycles. The molecule has 2 aromatic carbocycles. The minimum atomic E-state index is -0.373. The first-order valence-electron chi connectivity index (χ1n) is 6.34. The number of hydrogen-bond donors (Lipinski definition) is 0. The summed E-state index contributed by atoms with van der Waals surface area (Å²) in [6.45, 7) is 0. The molecule has 0 bridgehead atoms. The maximum Gasteiger partial charge on any atom is 0.241 e. The zero-order valence-electron chi connectivity index (χ0n) is 10.6. The first-order valence-corrected chi connectivity index (χ1v) is 7.13. The van der Waals surface area contributed by atoms with Gasteiger partial charge in [0.2, 0.25) is 11.8 Å². The Balaban J connectivity index is 1.95. The normalized spacial score (nSPS) is 18.6. The third-order valence-electron chi connectivity index (χ3n) is 3.41. The van der Waals surface area contributed by atoms with Crippen molar-refractivity contribution in [3.05, 3.63) is 64.6 Å². The molecule has 1 atom stereocenters. The maximum absolute atomic E-state index is 12.5. The molecular weight excluding hydrogens is 318 g/mol. The van der Waals surface area contributed by atoms with Gasteiger partial charge in [0.05, 0.1) is 11.6 Å². The van der Waals surface area contributed by atoms with Crippen LogP contribution in [0.2, 0.25) is 0 Å². The molecule has 2 aromatic rings. The van der Waals surface area contributed by atoms with E-state index >= 15 is 0 Å². The molecule has 0 spiro atoms. The summed E-state index contributed by atoms with van der Waals surface area (Å²) in [4.78, 5) is 26.0. The van der Waals surface area contributed by atoms with Crippen molar-refractivity contribution in [3.63, 3.8) is 0 Å². The number of halogens is 1. The van der Waals surface area contributed by atoms with Gasteiger partial charge in [-0.3, -0.25) is 9.59 Å². The van der Waals surface area contributed by atoms with Gasteiger partial charge < -0.3 is 0 Å². The topological polar surface area (TPSA) is 37.4 Å². The highest BCUT2D eigenvalue weighted by Gasteiger charge is 2.40. The van der Waals surface area contributed by atoms with Crippen LogP contribution >= 0.6 is 15.9 Å². The fourth-order valence-electron chi connectivity index (χ4n) is 2.46. The number of carbonyl (C=O) groups excluding carboxylic acids is 2. The van der Waals surface area contributed by atoms with Gasteiger partial charge in [-0.1, -0.05) is 52.3 Å². The molecule has 0 aromatic heterocycles. The lowest BCUT2D eigenvalue weighted by atomic mass is 9.98. The third kappa shape index (κ3) is 2.27. The van der Waals surface area contributed by atoms with E-state index in [1.165, 1.54) is 4.90 Å². The van der Waals surface area contributed by atoms with Crippen molar-refractivity contribution in [2.75, 3.05) is 4.90 Å². The van der Waals surface area contributed by atoms with Gasteiger partial charge in [0.15, 0.2) is 0 Å². The summed E-state index contributed by atoms with van der Waals surface area (Å²) < 4.78 is 0.846. The molecule has 1 heterocycles. The quantitative estimate of drug-likeness (QED) is 0.791. The molecule has 0 unspecified atom stereocenters. The average Bonchev–Trinajstić information content (AvgIpc) is 2.75. The van der Waals surface area contributed by atoms with E-state index in [4.69, 9.17) is 0 Å². The monoisotopic (exact) mass is 329 g/mol. The number of amides is 2. The maximum atomic E-state index is 12.5. The molecular formula is C16H12BrNO2. The Hall–Kier alpha value is -1.94. The van der Waals surface area contributed by atoms with Gasteiger partial charge in [-0.05, 0) is 23.8 Å². The predicted molar refractivity (Wildman–Crippen MR) is 80.4 cm³/mol. The molecule has 2 amide bonds. The molecule has 20 heavy (non-hydrogen) atoms. The van der Waals surface area contributed by atoms with E-state index in [2.05, 4.69) is 15.9 Å². The molecule has 0 radical (unpaired) electrons. The van der Waals surface area contributed by atoms with Crippen LogP contribution in [0.3, 0.4) is 0 Å². The number of carbonyl (C=O) groups is 2. The summed E-state index contributed by atoms with van der Waals surface area (Å²) in [6, 6.07) is 16.7. The van der Waals surface area contributed by atoms with E-state index in [-0.39, 0.29) is 24.2 Å². The van der Waals surface area contributed by atoms with Crippen molar-refractivity contribution in [3.8, 4) is 0 Å². The smallest absolute Gasteiger partial charge is 0.241 e. The molecule has 1 saturated heterocycles. The highest BCUT2D eigenvalue weighted by atomic mass is 79.9. The van der Waals surface area contributed by atoms with Crippen LogP contribution in [0.25, 0.3) is 0 Å². The van der Waals surface area contributed by atoms with E-state index in [0.29, 0.717) is 5.69 Å². The van der Waals surface area contributed by atoms with E-state index in [0.717, 1.165) is 10.0 Å². The highest BCUT2D eigenvalue weighted by molar-refractivity contribution is 9.10. The molecule has 1 fully saturated rings. The van der Waals surface area contributed by atoms with Gasteiger partial charge in [0, 0.05) is 10.9 Å². The van der Waals surface area contributed by atoms with Crippen molar-refractivity contribution in [1.29, 1.82) is 0 Å². The second kappa shape index (κ2) is 5.21. The van der Waals surface area contributed by atoms with Crippen molar-refractivity contribution < 1.29 is 9.59 Å².